The van der Waals surface area contributed by atoms with Gasteiger partial charge in [0.25, 0.3) is 0 Å². The Morgan fingerprint density at radius 3 is 2.85 bits per heavy atom. The number of aliphatic hydroxyl groups excluding tert-OH is 1. The summed E-state index contributed by atoms with van der Waals surface area (Å²) >= 11 is 0. The van der Waals surface area contributed by atoms with Gasteiger partial charge in [-0.2, -0.15) is 0 Å². The molecule has 1 saturated heterocycles. The van der Waals surface area contributed by atoms with Crippen LogP contribution in [0.2, 0.25) is 0 Å². The maximum atomic E-state index is 14.3. The fraction of sp³-hybridized carbons (Fsp3) is 0.667. The standard InChI is InChI=1S/C15H22FNO3/c1-15(2,3)20-14(19)17-7-12-10(9-18)5-4-6-11(12)13(16)8-17/h4-5,11,13,18H,6-9H2,1-3H3. The molecule has 1 amide bonds. The molecule has 2 atom stereocenters. The van der Waals surface area contributed by atoms with E-state index in [9.17, 15) is 14.3 Å². The number of hydrogen-bond donors (Lipinski definition) is 1. The third-order valence-electron chi connectivity index (χ3n) is 3.58. The summed E-state index contributed by atoms with van der Waals surface area (Å²) in [7, 11) is 0. The molecule has 2 aliphatic rings. The van der Waals surface area contributed by atoms with Crippen LogP contribution < -0.4 is 0 Å². The molecular formula is C15H22FNO3. The molecular weight excluding hydrogens is 261 g/mol. The molecule has 0 aromatic heterocycles. The van der Waals surface area contributed by atoms with Gasteiger partial charge in [-0.1, -0.05) is 12.2 Å². The first kappa shape index (κ1) is 15.0. The molecule has 0 saturated carbocycles. The summed E-state index contributed by atoms with van der Waals surface area (Å²) in [5, 5.41) is 9.36. The monoisotopic (exact) mass is 283 g/mol. The number of halogens is 1. The molecule has 0 radical (unpaired) electrons. The molecule has 0 aromatic carbocycles. The number of allylic oxidation sites excluding steroid dienone is 1. The number of aliphatic hydroxyl groups is 1. The summed E-state index contributed by atoms with van der Waals surface area (Å²) < 4.78 is 19.6. The highest BCUT2D eigenvalue weighted by Gasteiger charge is 2.38. The van der Waals surface area contributed by atoms with Crippen molar-refractivity contribution < 1.29 is 19.0 Å². The molecule has 5 heteroatoms. The number of nitrogens with zero attached hydrogens (tertiary/aromatic N) is 1. The van der Waals surface area contributed by atoms with Crippen LogP contribution in [0.1, 0.15) is 27.2 Å². The average Bonchev–Trinajstić information content (AvgIpc) is 2.36. The van der Waals surface area contributed by atoms with E-state index < -0.39 is 17.9 Å². The van der Waals surface area contributed by atoms with E-state index in [0.29, 0.717) is 13.0 Å². The van der Waals surface area contributed by atoms with Crippen molar-refractivity contribution >= 4 is 6.09 Å². The van der Waals surface area contributed by atoms with Crippen LogP contribution in [0.15, 0.2) is 23.3 Å². The first-order valence-electron chi connectivity index (χ1n) is 6.93. The average molecular weight is 283 g/mol. The molecule has 0 spiro atoms. The SMILES string of the molecule is CC(C)(C)OC(=O)N1CC2=C(CO)C=CCC2C(F)C1. The Balaban J connectivity index is 2.17. The Morgan fingerprint density at radius 1 is 1.55 bits per heavy atom. The molecule has 1 aliphatic heterocycles. The maximum Gasteiger partial charge on any atom is 0.410 e. The topological polar surface area (TPSA) is 49.8 Å². The van der Waals surface area contributed by atoms with E-state index in [4.69, 9.17) is 4.74 Å². The second-order valence-electron chi connectivity index (χ2n) is 6.33. The number of piperidine rings is 1. The van der Waals surface area contributed by atoms with Crippen molar-refractivity contribution in [3.63, 3.8) is 0 Å². The number of fused-ring (bicyclic) bond motifs is 1. The first-order chi connectivity index (χ1) is 9.31. The number of likely N-dealkylation sites (tertiary alicyclic amines) is 1. The molecule has 1 N–H and O–H groups in total. The van der Waals surface area contributed by atoms with Crippen molar-refractivity contribution in [2.24, 2.45) is 5.92 Å². The van der Waals surface area contributed by atoms with Crippen molar-refractivity contribution in [1.82, 2.24) is 4.90 Å². The van der Waals surface area contributed by atoms with Gasteiger partial charge in [0.2, 0.25) is 0 Å². The Labute approximate surface area is 118 Å². The fourth-order valence-electron chi connectivity index (χ4n) is 2.66. The summed E-state index contributed by atoms with van der Waals surface area (Å²) in [6.07, 6.45) is 2.71. The number of carbonyl (C=O) groups is 1. The minimum atomic E-state index is -1.11. The van der Waals surface area contributed by atoms with Gasteiger partial charge in [0.1, 0.15) is 11.8 Å². The van der Waals surface area contributed by atoms with Crippen molar-refractivity contribution in [1.29, 1.82) is 0 Å². The Morgan fingerprint density at radius 2 is 2.25 bits per heavy atom. The number of ether oxygens (including phenoxy) is 1. The second kappa shape index (κ2) is 5.56. The number of alkyl halides is 1. The molecule has 1 aliphatic carbocycles. The van der Waals surface area contributed by atoms with Crippen LogP contribution >= 0.6 is 0 Å². The van der Waals surface area contributed by atoms with Gasteiger partial charge in [-0.3, -0.25) is 0 Å². The predicted molar refractivity (Wildman–Crippen MR) is 74.1 cm³/mol. The largest absolute Gasteiger partial charge is 0.444 e. The molecule has 1 heterocycles. The van der Waals surface area contributed by atoms with Crippen LogP contribution in [-0.4, -0.2) is 47.6 Å². The maximum absolute atomic E-state index is 14.3. The van der Waals surface area contributed by atoms with Crippen LogP contribution in [0.25, 0.3) is 0 Å². The van der Waals surface area contributed by atoms with Gasteiger partial charge in [-0.05, 0) is 38.3 Å². The molecule has 0 aromatic rings. The summed E-state index contributed by atoms with van der Waals surface area (Å²) in [6.45, 7) is 5.61. The van der Waals surface area contributed by atoms with Crippen LogP contribution in [0.4, 0.5) is 9.18 Å². The van der Waals surface area contributed by atoms with E-state index in [0.717, 1.165) is 11.1 Å². The highest BCUT2D eigenvalue weighted by molar-refractivity contribution is 5.69. The van der Waals surface area contributed by atoms with Gasteiger partial charge >= 0.3 is 6.09 Å². The molecule has 2 unspecified atom stereocenters. The smallest absolute Gasteiger partial charge is 0.410 e. The lowest BCUT2D eigenvalue weighted by Crippen LogP contribution is -2.48. The van der Waals surface area contributed by atoms with Gasteiger partial charge in [0.05, 0.1) is 13.2 Å². The van der Waals surface area contributed by atoms with Crippen molar-refractivity contribution in [3.8, 4) is 0 Å². The lowest BCUT2D eigenvalue weighted by atomic mass is 9.81. The summed E-state index contributed by atoms with van der Waals surface area (Å²) in [5.41, 5.74) is 0.942. The Hall–Kier alpha value is -1.36. The number of hydrogen-bond acceptors (Lipinski definition) is 3. The third-order valence-corrected chi connectivity index (χ3v) is 3.58. The fourth-order valence-corrected chi connectivity index (χ4v) is 2.66. The third kappa shape index (κ3) is 3.20. The van der Waals surface area contributed by atoms with Crippen molar-refractivity contribution in [3.05, 3.63) is 23.3 Å². The van der Waals surface area contributed by atoms with Crippen LogP contribution in [-0.2, 0) is 4.74 Å². The lowest BCUT2D eigenvalue weighted by Gasteiger charge is -2.39. The van der Waals surface area contributed by atoms with Gasteiger partial charge in [0.15, 0.2) is 0 Å². The van der Waals surface area contributed by atoms with Gasteiger partial charge < -0.3 is 14.7 Å². The van der Waals surface area contributed by atoms with E-state index in [1.54, 1.807) is 20.8 Å². The van der Waals surface area contributed by atoms with Crippen LogP contribution in [0.5, 0.6) is 0 Å². The Kier molecular flexibility index (Phi) is 4.18. The van der Waals surface area contributed by atoms with E-state index in [-0.39, 0.29) is 19.1 Å². The van der Waals surface area contributed by atoms with Gasteiger partial charge in [-0.15, -0.1) is 0 Å². The molecule has 4 nitrogen and oxygen atoms in total. The molecule has 112 valence electrons. The van der Waals surface area contributed by atoms with Crippen LogP contribution in [0.3, 0.4) is 0 Å². The summed E-state index contributed by atoms with van der Waals surface area (Å²) in [4.78, 5) is 13.4. The molecule has 2 rings (SSSR count). The minimum absolute atomic E-state index is 0.0512. The Bertz CT molecular complexity index is 451. The van der Waals surface area contributed by atoms with Crippen molar-refractivity contribution in [2.45, 2.75) is 39.0 Å². The van der Waals surface area contributed by atoms with E-state index >= 15 is 0 Å². The molecule has 0 bridgehead atoms. The quantitative estimate of drug-likeness (QED) is 0.804. The van der Waals surface area contributed by atoms with Gasteiger partial charge in [0, 0.05) is 12.5 Å². The van der Waals surface area contributed by atoms with E-state index in [1.807, 2.05) is 12.2 Å². The van der Waals surface area contributed by atoms with Gasteiger partial charge in [-0.25, -0.2) is 9.18 Å². The highest BCUT2D eigenvalue weighted by Crippen LogP contribution is 2.34. The van der Waals surface area contributed by atoms with E-state index in [1.165, 1.54) is 4.90 Å². The first-order valence-corrected chi connectivity index (χ1v) is 6.93. The molecule has 20 heavy (non-hydrogen) atoms. The number of rotatable bonds is 1. The van der Waals surface area contributed by atoms with Crippen LogP contribution in [0, 0.1) is 5.92 Å². The molecule has 1 fully saturated rings. The van der Waals surface area contributed by atoms with E-state index in [2.05, 4.69) is 0 Å². The zero-order valence-electron chi connectivity index (χ0n) is 12.2. The zero-order chi connectivity index (χ0) is 14.9. The lowest BCUT2D eigenvalue weighted by molar-refractivity contribution is 0.0137. The zero-order valence-corrected chi connectivity index (χ0v) is 12.2. The van der Waals surface area contributed by atoms with Crippen molar-refractivity contribution in [2.75, 3.05) is 19.7 Å². The summed E-state index contributed by atoms with van der Waals surface area (Å²) in [6, 6.07) is 0. The number of amides is 1. The summed E-state index contributed by atoms with van der Waals surface area (Å²) in [5.74, 6) is -0.221. The second-order valence-corrected chi connectivity index (χ2v) is 6.33. The predicted octanol–water partition coefficient (Wildman–Crippen LogP) is 2.44. The number of carbonyl (C=O) groups excluding carboxylic acids is 1. The minimum Gasteiger partial charge on any atom is -0.444 e. The normalized spacial score (nSPS) is 26.6. The highest BCUT2D eigenvalue weighted by atomic mass is 19.1.